The minimum absolute atomic E-state index is 0.536. The van der Waals surface area contributed by atoms with Crippen LogP contribution in [0.2, 0.25) is 0 Å². The van der Waals surface area contributed by atoms with Crippen LogP contribution in [0.4, 0.5) is 13.2 Å². The number of nitrogens with one attached hydrogen (secondary N) is 1. The number of H-pyrrole nitrogens is 1. The van der Waals surface area contributed by atoms with Crippen molar-refractivity contribution >= 4 is 17.0 Å². The van der Waals surface area contributed by atoms with Gasteiger partial charge in [-0.2, -0.15) is 13.2 Å². The zero-order chi connectivity index (χ0) is 26.6. The largest absolute Gasteiger partial charge is 0.490 e. The van der Waals surface area contributed by atoms with Crippen LogP contribution in [0, 0.1) is 6.92 Å². The van der Waals surface area contributed by atoms with Gasteiger partial charge >= 0.3 is 12.1 Å². The summed E-state index contributed by atoms with van der Waals surface area (Å²) in [7, 11) is 0. The van der Waals surface area contributed by atoms with Crippen molar-refractivity contribution in [3.05, 3.63) is 77.9 Å². The topological polar surface area (TPSA) is 95.2 Å². The number of rotatable bonds is 5. The van der Waals surface area contributed by atoms with E-state index in [9.17, 15) is 13.2 Å². The molecule has 6 nitrogen and oxygen atoms in total. The molecular weight excluding hydrogens is 481 g/mol. The summed E-state index contributed by atoms with van der Waals surface area (Å²) >= 11 is 0. The predicted octanol–water partition coefficient (Wildman–Crippen LogP) is 5.76. The number of para-hydroxylation sites is 1. The fourth-order valence-electron chi connectivity index (χ4n) is 4.57. The number of aliphatic carboxylic acids is 1. The van der Waals surface area contributed by atoms with Gasteiger partial charge in [-0.1, -0.05) is 54.6 Å². The van der Waals surface area contributed by atoms with Crippen LogP contribution >= 0.6 is 0 Å². The SMILES string of the molecule is Cc1cccc2[nH]c(-c3cccc(-c4ccc(CN5CCCC5CN)cc4)c3)nc12.O=C(O)C(F)(F)F. The second-order valence-electron chi connectivity index (χ2n) is 9.14. The average molecular weight is 511 g/mol. The number of hydrogen-bond acceptors (Lipinski definition) is 4. The molecule has 1 aliphatic heterocycles. The van der Waals surface area contributed by atoms with E-state index in [1.807, 2.05) is 0 Å². The van der Waals surface area contributed by atoms with E-state index >= 15 is 0 Å². The molecule has 0 saturated carbocycles. The zero-order valence-electron chi connectivity index (χ0n) is 20.4. The molecule has 0 bridgehead atoms. The summed E-state index contributed by atoms with van der Waals surface area (Å²) in [5.41, 5.74) is 14.1. The van der Waals surface area contributed by atoms with Gasteiger partial charge in [-0.3, -0.25) is 4.90 Å². The molecule has 1 aromatic heterocycles. The van der Waals surface area contributed by atoms with Crippen molar-refractivity contribution in [3.8, 4) is 22.5 Å². The van der Waals surface area contributed by atoms with Crippen molar-refractivity contribution in [1.29, 1.82) is 0 Å². The van der Waals surface area contributed by atoms with Gasteiger partial charge in [0.25, 0.3) is 0 Å². The molecule has 1 atom stereocenters. The van der Waals surface area contributed by atoms with Gasteiger partial charge in [-0.25, -0.2) is 9.78 Å². The Morgan fingerprint density at radius 3 is 2.41 bits per heavy atom. The number of hydrogen-bond donors (Lipinski definition) is 3. The molecular formula is C28H29F3N4O2. The number of alkyl halides is 3. The van der Waals surface area contributed by atoms with Crippen LogP contribution < -0.4 is 5.73 Å². The molecule has 194 valence electrons. The van der Waals surface area contributed by atoms with Gasteiger partial charge in [0.2, 0.25) is 0 Å². The minimum atomic E-state index is -5.08. The van der Waals surface area contributed by atoms with Crippen molar-refractivity contribution in [2.24, 2.45) is 5.73 Å². The monoisotopic (exact) mass is 510 g/mol. The van der Waals surface area contributed by atoms with Crippen molar-refractivity contribution in [1.82, 2.24) is 14.9 Å². The third kappa shape index (κ3) is 6.36. The van der Waals surface area contributed by atoms with Gasteiger partial charge in [0, 0.05) is 24.7 Å². The molecule has 1 fully saturated rings. The summed E-state index contributed by atoms with van der Waals surface area (Å²) in [6, 6.07) is 24.3. The standard InChI is InChI=1S/C26H28N4.C2HF3O2/c1-18-5-2-9-24-25(18)29-26(28-24)22-7-3-6-21(15-22)20-12-10-19(11-13-20)17-30-14-4-8-23(30)16-27;3-2(4,5)1(6)7/h2-3,5-7,9-13,15,23H,4,8,14,16-17,27H2,1H3,(H,28,29);(H,6,7). The van der Waals surface area contributed by atoms with Gasteiger partial charge < -0.3 is 15.8 Å². The van der Waals surface area contributed by atoms with Crippen molar-refractivity contribution < 1.29 is 23.1 Å². The molecule has 1 saturated heterocycles. The first-order valence-electron chi connectivity index (χ1n) is 12.0. The Morgan fingerprint density at radius 2 is 1.76 bits per heavy atom. The highest BCUT2D eigenvalue weighted by Gasteiger charge is 2.38. The highest BCUT2D eigenvalue weighted by atomic mass is 19.4. The molecule has 2 heterocycles. The average Bonchev–Trinajstić information content (AvgIpc) is 3.52. The number of imidazole rings is 1. The number of nitrogens with two attached hydrogens (primary N) is 1. The third-order valence-corrected chi connectivity index (χ3v) is 6.54. The number of nitrogens with zero attached hydrogens (tertiary/aromatic N) is 2. The second-order valence-corrected chi connectivity index (χ2v) is 9.14. The molecule has 0 radical (unpaired) electrons. The number of aryl methyl sites for hydroxylation is 1. The summed E-state index contributed by atoms with van der Waals surface area (Å²) in [6.07, 6.45) is -2.60. The van der Waals surface area contributed by atoms with Crippen LogP contribution in [0.5, 0.6) is 0 Å². The number of benzene rings is 3. The zero-order valence-corrected chi connectivity index (χ0v) is 20.4. The van der Waals surface area contributed by atoms with Gasteiger partial charge in [-0.15, -0.1) is 0 Å². The number of carbonyl (C=O) groups is 1. The number of carboxylic acid groups (broad SMARTS) is 1. The number of carboxylic acids is 1. The predicted molar refractivity (Wildman–Crippen MR) is 138 cm³/mol. The summed E-state index contributed by atoms with van der Waals surface area (Å²) in [6.45, 7) is 5.00. The molecule has 4 N–H and O–H groups in total. The Kier molecular flexibility index (Phi) is 7.94. The Hall–Kier alpha value is -3.69. The lowest BCUT2D eigenvalue weighted by molar-refractivity contribution is -0.192. The van der Waals surface area contributed by atoms with Gasteiger partial charge in [0.15, 0.2) is 0 Å². The van der Waals surface area contributed by atoms with E-state index in [0.29, 0.717) is 6.04 Å². The molecule has 5 rings (SSSR count). The lowest BCUT2D eigenvalue weighted by atomic mass is 10.0. The van der Waals surface area contributed by atoms with Gasteiger partial charge in [0.05, 0.1) is 11.0 Å². The first-order valence-corrected chi connectivity index (χ1v) is 12.0. The lowest BCUT2D eigenvalue weighted by Gasteiger charge is -2.23. The van der Waals surface area contributed by atoms with Crippen LogP contribution in [-0.4, -0.2) is 51.3 Å². The molecule has 0 amide bonds. The van der Waals surface area contributed by atoms with Crippen LogP contribution in [0.1, 0.15) is 24.0 Å². The Morgan fingerprint density at radius 1 is 1.08 bits per heavy atom. The van der Waals surface area contributed by atoms with Crippen molar-refractivity contribution in [2.75, 3.05) is 13.1 Å². The number of aromatic nitrogens is 2. The van der Waals surface area contributed by atoms with E-state index in [4.69, 9.17) is 20.6 Å². The quantitative estimate of drug-likeness (QED) is 0.317. The Balaban J connectivity index is 0.000000405. The summed E-state index contributed by atoms with van der Waals surface area (Å²) in [5, 5.41) is 7.12. The fraction of sp³-hybridized carbons (Fsp3) is 0.286. The highest BCUT2D eigenvalue weighted by molar-refractivity contribution is 5.83. The first-order chi connectivity index (χ1) is 17.7. The molecule has 1 aliphatic rings. The van der Waals surface area contributed by atoms with E-state index in [-0.39, 0.29) is 0 Å². The van der Waals surface area contributed by atoms with E-state index in [1.54, 1.807) is 0 Å². The van der Waals surface area contributed by atoms with Gasteiger partial charge in [0.1, 0.15) is 5.82 Å². The van der Waals surface area contributed by atoms with E-state index in [1.165, 1.54) is 35.1 Å². The Labute approximate surface area is 212 Å². The smallest absolute Gasteiger partial charge is 0.475 e. The molecule has 37 heavy (non-hydrogen) atoms. The number of fused-ring (bicyclic) bond motifs is 1. The highest BCUT2D eigenvalue weighted by Crippen LogP contribution is 2.28. The second kappa shape index (κ2) is 11.1. The normalized spacial score (nSPS) is 16.0. The van der Waals surface area contributed by atoms with Crippen molar-refractivity contribution in [3.63, 3.8) is 0 Å². The van der Waals surface area contributed by atoms with Crippen LogP contribution in [0.25, 0.3) is 33.5 Å². The molecule has 4 aromatic rings. The Bertz CT molecular complexity index is 1370. The summed E-state index contributed by atoms with van der Waals surface area (Å²) in [5.74, 6) is -1.84. The molecule has 0 spiro atoms. The lowest BCUT2D eigenvalue weighted by Crippen LogP contribution is -2.34. The van der Waals surface area contributed by atoms with Crippen molar-refractivity contribution in [2.45, 2.75) is 38.5 Å². The van der Waals surface area contributed by atoms with Crippen LogP contribution in [0.15, 0.2) is 66.7 Å². The van der Waals surface area contributed by atoms with Gasteiger partial charge in [-0.05, 0) is 60.7 Å². The molecule has 0 aliphatic carbocycles. The third-order valence-electron chi connectivity index (χ3n) is 6.54. The number of halogens is 3. The van der Waals surface area contributed by atoms with Crippen LogP contribution in [0.3, 0.4) is 0 Å². The maximum absolute atomic E-state index is 10.6. The van der Waals surface area contributed by atoms with E-state index < -0.39 is 12.1 Å². The minimum Gasteiger partial charge on any atom is -0.475 e. The maximum atomic E-state index is 10.6. The summed E-state index contributed by atoms with van der Waals surface area (Å²) < 4.78 is 31.7. The number of likely N-dealkylation sites (tertiary alicyclic amines) is 1. The summed E-state index contributed by atoms with van der Waals surface area (Å²) in [4.78, 5) is 19.7. The fourth-order valence-corrected chi connectivity index (χ4v) is 4.57. The number of aromatic amines is 1. The van der Waals surface area contributed by atoms with E-state index in [2.05, 4.69) is 83.5 Å². The maximum Gasteiger partial charge on any atom is 0.490 e. The first kappa shape index (κ1) is 26.4. The molecule has 1 unspecified atom stereocenters. The molecule has 3 aromatic carbocycles. The van der Waals surface area contributed by atoms with Crippen LogP contribution in [-0.2, 0) is 11.3 Å². The van der Waals surface area contributed by atoms with E-state index in [0.717, 1.165) is 42.1 Å². The molecule has 9 heteroatoms.